The summed E-state index contributed by atoms with van der Waals surface area (Å²) in [6.45, 7) is 1.45. The smallest absolute Gasteiger partial charge is 0.126 e. The predicted molar refractivity (Wildman–Crippen MR) is 70.4 cm³/mol. The number of benzene rings is 1. The van der Waals surface area contributed by atoms with Crippen LogP contribution >= 0.6 is 0 Å². The molecular formula is C14H21NO3. The van der Waals surface area contributed by atoms with Crippen molar-refractivity contribution in [1.29, 1.82) is 0 Å². The van der Waals surface area contributed by atoms with Crippen LogP contribution in [-0.2, 0) is 0 Å². The first kappa shape index (κ1) is 13.0. The minimum Gasteiger partial charge on any atom is -0.496 e. The highest BCUT2D eigenvalue weighted by molar-refractivity contribution is 5.42. The molecule has 4 nitrogen and oxygen atoms in total. The average molecular weight is 251 g/mol. The van der Waals surface area contributed by atoms with E-state index in [2.05, 4.69) is 0 Å². The molecule has 0 atom stereocenters. The minimum atomic E-state index is 0.311. The van der Waals surface area contributed by atoms with Crippen molar-refractivity contribution >= 4 is 0 Å². The average Bonchev–Trinajstić information content (AvgIpc) is 3.16. The Morgan fingerprint density at radius 2 is 1.61 bits per heavy atom. The van der Waals surface area contributed by atoms with E-state index in [1.807, 2.05) is 18.2 Å². The van der Waals surface area contributed by atoms with Crippen LogP contribution in [0.15, 0.2) is 18.2 Å². The lowest BCUT2D eigenvalue weighted by atomic mass is 10.0. The molecule has 1 aromatic carbocycles. The Kier molecular flexibility index (Phi) is 3.97. The van der Waals surface area contributed by atoms with Gasteiger partial charge in [0, 0.05) is 23.6 Å². The van der Waals surface area contributed by atoms with Gasteiger partial charge in [0.1, 0.15) is 17.2 Å². The summed E-state index contributed by atoms with van der Waals surface area (Å²) in [4.78, 5) is 0. The summed E-state index contributed by atoms with van der Waals surface area (Å²) in [6, 6.07) is 5.59. The molecule has 100 valence electrons. The third kappa shape index (κ3) is 3.07. The van der Waals surface area contributed by atoms with Gasteiger partial charge in [-0.15, -0.1) is 0 Å². The second-order valence-electron chi connectivity index (χ2n) is 4.88. The molecule has 2 N–H and O–H groups in total. The van der Waals surface area contributed by atoms with Gasteiger partial charge in [0.15, 0.2) is 0 Å². The van der Waals surface area contributed by atoms with E-state index in [1.54, 1.807) is 14.2 Å². The van der Waals surface area contributed by atoms with E-state index in [-0.39, 0.29) is 0 Å². The molecule has 0 heterocycles. The molecule has 1 saturated carbocycles. The third-order valence-electron chi connectivity index (χ3n) is 3.50. The first-order valence-corrected chi connectivity index (χ1v) is 6.27. The lowest BCUT2D eigenvalue weighted by Crippen LogP contribution is -2.17. The van der Waals surface area contributed by atoms with E-state index in [0.717, 1.165) is 36.8 Å². The van der Waals surface area contributed by atoms with E-state index >= 15 is 0 Å². The first-order chi connectivity index (χ1) is 8.71. The Hall–Kier alpha value is -1.42. The van der Waals surface area contributed by atoms with Gasteiger partial charge in [-0.05, 0) is 25.8 Å². The zero-order valence-electron chi connectivity index (χ0n) is 11.1. The van der Waals surface area contributed by atoms with Gasteiger partial charge < -0.3 is 19.9 Å². The number of ether oxygens (including phenoxy) is 3. The Balaban J connectivity index is 2.00. The maximum atomic E-state index is 5.86. The molecule has 1 aliphatic carbocycles. The molecule has 0 saturated heterocycles. The SMILES string of the molecule is COc1cc(OC)cc(OCC2(CCN)CC2)c1. The van der Waals surface area contributed by atoms with Gasteiger partial charge in [-0.3, -0.25) is 0 Å². The predicted octanol–water partition coefficient (Wildman–Crippen LogP) is 2.21. The van der Waals surface area contributed by atoms with Crippen LogP contribution < -0.4 is 19.9 Å². The van der Waals surface area contributed by atoms with E-state index in [0.29, 0.717) is 5.41 Å². The number of hydrogen-bond donors (Lipinski definition) is 1. The summed E-state index contributed by atoms with van der Waals surface area (Å²) in [5, 5.41) is 0. The molecular weight excluding hydrogens is 230 g/mol. The molecule has 0 aromatic heterocycles. The quantitative estimate of drug-likeness (QED) is 0.807. The summed E-state index contributed by atoms with van der Waals surface area (Å²) >= 11 is 0. The highest BCUT2D eigenvalue weighted by Crippen LogP contribution is 2.48. The number of rotatable bonds is 7. The fraction of sp³-hybridized carbons (Fsp3) is 0.571. The topological polar surface area (TPSA) is 53.7 Å². The number of hydrogen-bond acceptors (Lipinski definition) is 4. The van der Waals surface area contributed by atoms with Crippen molar-refractivity contribution in [2.45, 2.75) is 19.3 Å². The standard InChI is InChI=1S/C14H21NO3/c1-16-11-7-12(17-2)9-13(8-11)18-10-14(3-4-14)5-6-15/h7-9H,3-6,10,15H2,1-2H3. The van der Waals surface area contributed by atoms with Gasteiger partial charge in [0.25, 0.3) is 0 Å². The van der Waals surface area contributed by atoms with Gasteiger partial charge in [0.2, 0.25) is 0 Å². The van der Waals surface area contributed by atoms with E-state index in [4.69, 9.17) is 19.9 Å². The van der Waals surface area contributed by atoms with Crippen molar-refractivity contribution in [3.05, 3.63) is 18.2 Å². The molecule has 18 heavy (non-hydrogen) atoms. The van der Waals surface area contributed by atoms with E-state index < -0.39 is 0 Å². The second kappa shape index (κ2) is 5.48. The molecule has 4 heteroatoms. The number of methoxy groups -OCH3 is 2. The molecule has 0 spiro atoms. The van der Waals surface area contributed by atoms with Crippen molar-refractivity contribution in [2.24, 2.45) is 11.1 Å². The molecule has 0 radical (unpaired) electrons. The van der Waals surface area contributed by atoms with Crippen LogP contribution in [0.3, 0.4) is 0 Å². The van der Waals surface area contributed by atoms with Crippen LogP contribution in [0.5, 0.6) is 17.2 Å². The Morgan fingerprint density at radius 3 is 2.06 bits per heavy atom. The van der Waals surface area contributed by atoms with E-state index in [1.165, 1.54) is 12.8 Å². The largest absolute Gasteiger partial charge is 0.496 e. The lowest BCUT2D eigenvalue weighted by Gasteiger charge is -2.16. The van der Waals surface area contributed by atoms with Crippen molar-refractivity contribution in [1.82, 2.24) is 0 Å². The third-order valence-corrected chi connectivity index (χ3v) is 3.50. The maximum Gasteiger partial charge on any atom is 0.126 e. The first-order valence-electron chi connectivity index (χ1n) is 6.27. The molecule has 1 fully saturated rings. The zero-order chi connectivity index (χ0) is 13.0. The summed E-state index contributed by atoms with van der Waals surface area (Å²) < 4.78 is 16.3. The van der Waals surface area contributed by atoms with Gasteiger partial charge in [0.05, 0.1) is 20.8 Å². The van der Waals surface area contributed by atoms with Crippen molar-refractivity contribution in [3.8, 4) is 17.2 Å². The highest BCUT2D eigenvalue weighted by atomic mass is 16.5. The molecule has 2 rings (SSSR count). The van der Waals surface area contributed by atoms with Crippen molar-refractivity contribution in [3.63, 3.8) is 0 Å². The normalized spacial score (nSPS) is 16.2. The number of nitrogens with two attached hydrogens (primary N) is 1. The molecule has 0 unspecified atom stereocenters. The van der Waals surface area contributed by atoms with Crippen molar-refractivity contribution in [2.75, 3.05) is 27.4 Å². The molecule has 1 aliphatic rings. The van der Waals surface area contributed by atoms with Gasteiger partial charge in [-0.2, -0.15) is 0 Å². The summed E-state index contributed by atoms with van der Waals surface area (Å²) in [7, 11) is 3.27. The van der Waals surface area contributed by atoms with Gasteiger partial charge in [-0.25, -0.2) is 0 Å². The molecule has 0 bridgehead atoms. The fourth-order valence-corrected chi connectivity index (χ4v) is 2.05. The van der Waals surface area contributed by atoms with Crippen LogP contribution in [0, 0.1) is 5.41 Å². The zero-order valence-corrected chi connectivity index (χ0v) is 11.1. The maximum absolute atomic E-state index is 5.86. The minimum absolute atomic E-state index is 0.311. The highest BCUT2D eigenvalue weighted by Gasteiger charge is 2.42. The Labute approximate surface area is 108 Å². The van der Waals surface area contributed by atoms with E-state index in [9.17, 15) is 0 Å². The second-order valence-corrected chi connectivity index (χ2v) is 4.88. The monoisotopic (exact) mass is 251 g/mol. The van der Waals surface area contributed by atoms with Gasteiger partial charge in [-0.1, -0.05) is 0 Å². The van der Waals surface area contributed by atoms with Gasteiger partial charge >= 0.3 is 0 Å². The summed E-state index contributed by atoms with van der Waals surface area (Å²) in [5.41, 5.74) is 5.93. The van der Waals surface area contributed by atoms with Crippen LogP contribution in [0.2, 0.25) is 0 Å². The fourth-order valence-electron chi connectivity index (χ4n) is 2.05. The molecule has 1 aromatic rings. The summed E-state index contributed by atoms with van der Waals surface area (Å²) in [5.74, 6) is 2.27. The molecule has 0 aliphatic heterocycles. The lowest BCUT2D eigenvalue weighted by molar-refractivity contribution is 0.225. The van der Waals surface area contributed by atoms with Crippen LogP contribution in [0.4, 0.5) is 0 Å². The van der Waals surface area contributed by atoms with Crippen LogP contribution in [0.1, 0.15) is 19.3 Å². The van der Waals surface area contributed by atoms with Crippen LogP contribution in [-0.4, -0.2) is 27.4 Å². The van der Waals surface area contributed by atoms with Crippen molar-refractivity contribution < 1.29 is 14.2 Å². The molecule has 0 amide bonds. The van der Waals surface area contributed by atoms with Crippen LogP contribution in [0.25, 0.3) is 0 Å². The summed E-state index contributed by atoms with van der Waals surface area (Å²) in [6.07, 6.45) is 3.46. The Morgan fingerprint density at radius 1 is 1.06 bits per heavy atom. The Bertz CT molecular complexity index is 380.